The molecule has 1 amide bonds. The first-order chi connectivity index (χ1) is 16.3. The number of hydrogen-bond donors (Lipinski definition) is 1. The second-order valence-electron chi connectivity index (χ2n) is 8.84. The van der Waals surface area contributed by atoms with Crippen LogP contribution in [-0.2, 0) is 13.0 Å². The second kappa shape index (κ2) is 8.66. The first-order valence-electron chi connectivity index (χ1n) is 11.3. The fraction of sp³-hybridized carbons (Fsp3) is 0.417. The summed E-state index contributed by atoms with van der Waals surface area (Å²) in [6, 6.07) is 5.90. The Labute approximate surface area is 196 Å². The summed E-state index contributed by atoms with van der Waals surface area (Å²) in [5, 5.41) is 2.89. The minimum absolute atomic E-state index is 0.111. The van der Waals surface area contributed by atoms with Gasteiger partial charge in [0.1, 0.15) is 5.82 Å². The highest BCUT2D eigenvalue weighted by atomic mass is 19.3. The number of alkyl halides is 2. The molecule has 1 saturated heterocycles. The zero-order valence-corrected chi connectivity index (χ0v) is 19.1. The molecule has 0 saturated carbocycles. The fourth-order valence-corrected chi connectivity index (χ4v) is 4.48. The first-order valence-corrected chi connectivity index (χ1v) is 11.3. The number of aromatic nitrogens is 3. The number of aryl methyl sites for hydroxylation is 2. The van der Waals surface area contributed by atoms with E-state index in [0.717, 1.165) is 35.6 Å². The lowest BCUT2D eigenvalue weighted by Gasteiger charge is -2.35. The van der Waals surface area contributed by atoms with E-state index in [4.69, 9.17) is 9.40 Å². The van der Waals surface area contributed by atoms with E-state index in [1.807, 2.05) is 24.0 Å². The second-order valence-corrected chi connectivity index (χ2v) is 8.84. The molecule has 0 aliphatic carbocycles. The lowest BCUT2D eigenvalue weighted by molar-refractivity contribution is -0.0221. The number of oxazole rings is 1. The molecule has 0 atom stereocenters. The van der Waals surface area contributed by atoms with Crippen molar-refractivity contribution in [1.82, 2.24) is 15.0 Å². The van der Waals surface area contributed by atoms with Crippen molar-refractivity contribution < 1.29 is 18.0 Å². The van der Waals surface area contributed by atoms with Gasteiger partial charge in [0, 0.05) is 57.3 Å². The van der Waals surface area contributed by atoms with Crippen LogP contribution in [0.3, 0.4) is 0 Å². The number of halogens is 2. The molecule has 0 aromatic carbocycles. The smallest absolute Gasteiger partial charge is 0.293 e. The average molecular weight is 469 g/mol. The van der Waals surface area contributed by atoms with Gasteiger partial charge < -0.3 is 19.5 Å². The van der Waals surface area contributed by atoms with Gasteiger partial charge in [0.15, 0.2) is 12.2 Å². The highest BCUT2D eigenvalue weighted by Crippen LogP contribution is 2.37. The molecule has 0 spiro atoms. The normalized spacial score (nSPS) is 17.4. The van der Waals surface area contributed by atoms with Crippen LogP contribution in [0, 0.1) is 13.8 Å². The van der Waals surface area contributed by atoms with Crippen molar-refractivity contribution in [3.8, 4) is 0 Å². The molecule has 5 heterocycles. The summed E-state index contributed by atoms with van der Waals surface area (Å²) in [5.41, 5.74) is 3.99. The summed E-state index contributed by atoms with van der Waals surface area (Å²) in [7, 11) is 0. The number of nitrogens with one attached hydrogen (secondary N) is 1. The number of hydrogen-bond acceptors (Lipinski definition) is 7. The van der Waals surface area contributed by atoms with E-state index < -0.39 is 11.8 Å². The third-order valence-corrected chi connectivity index (χ3v) is 6.46. The molecule has 10 heteroatoms. The number of piperidine rings is 1. The molecule has 0 bridgehead atoms. The number of fused-ring (bicyclic) bond motifs is 1. The van der Waals surface area contributed by atoms with E-state index in [-0.39, 0.29) is 31.7 Å². The highest BCUT2D eigenvalue weighted by Gasteiger charge is 2.36. The van der Waals surface area contributed by atoms with Crippen LogP contribution in [0.2, 0.25) is 0 Å². The molecule has 34 heavy (non-hydrogen) atoms. The number of rotatable bonds is 4. The maximum atomic E-state index is 13.9. The monoisotopic (exact) mass is 468 g/mol. The molecular weight excluding hydrogens is 442 g/mol. The van der Waals surface area contributed by atoms with Crippen molar-refractivity contribution in [2.45, 2.75) is 45.6 Å². The predicted molar refractivity (Wildman–Crippen MR) is 124 cm³/mol. The topological polar surface area (TPSA) is 87.4 Å². The Morgan fingerprint density at radius 1 is 1.15 bits per heavy atom. The van der Waals surface area contributed by atoms with Gasteiger partial charge in [0.2, 0.25) is 5.76 Å². The van der Waals surface area contributed by atoms with E-state index in [1.54, 1.807) is 13.1 Å². The van der Waals surface area contributed by atoms with Crippen LogP contribution in [0.5, 0.6) is 0 Å². The number of anilines is 3. The van der Waals surface area contributed by atoms with Gasteiger partial charge >= 0.3 is 0 Å². The van der Waals surface area contributed by atoms with Crippen molar-refractivity contribution >= 4 is 23.2 Å². The SMILES string of the molecule is Cc1cc(N2CCc3ncccc3C2)nc(N2CCC(F)(F)CC2)c1NC(=O)c1ocnc1C. The summed E-state index contributed by atoms with van der Waals surface area (Å²) in [4.78, 5) is 30.2. The molecular formula is C24H26F2N6O2. The Morgan fingerprint density at radius 2 is 1.94 bits per heavy atom. The Kier molecular flexibility index (Phi) is 5.66. The number of carbonyl (C=O) groups excluding carboxylic acids is 1. The van der Waals surface area contributed by atoms with Crippen LogP contribution in [0.25, 0.3) is 0 Å². The van der Waals surface area contributed by atoms with Crippen LogP contribution < -0.4 is 15.1 Å². The summed E-state index contributed by atoms with van der Waals surface area (Å²) in [6.45, 7) is 5.28. The first kappa shape index (κ1) is 22.2. The summed E-state index contributed by atoms with van der Waals surface area (Å²) in [6.07, 6.45) is 3.31. The maximum Gasteiger partial charge on any atom is 0.293 e. The van der Waals surface area contributed by atoms with Crippen LogP contribution in [0.4, 0.5) is 26.1 Å². The van der Waals surface area contributed by atoms with E-state index in [1.165, 1.54) is 6.39 Å². The van der Waals surface area contributed by atoms with Crippen molar-refractivity contribution in [3.63, 3.8) is 0 Å². The molecule has 1 fully saturated rings. The molecule has 2 aliphatic rings. The number of nitrogens with zero attached hydrogens (tertiary/aromatic N) is 5. The van der Waals surface area contributed by atoms with Crippen LogP contribution in [0.1, 0.15) is 45.9 Å². The molecule has 3 aromatic heterocycles. The number of carbonyl (C=O) groups is 1. The van der Waals surface area contributed by atoms with E-state index in [0.29, 0.717) is 23.7 Å². The Hall–Kier alpha value is -3.56. The molecule has 3 aromatic rings. The quantitative estimate of drug-likeness (QED) is 0.616. The third kappa shape index (κ3) is 4.32. The van der Waals surface area contributed by atoms with Gasteiger partial charge in [0.05, 0.1) is 11.4 Å². The Balaban J connectivity index is 1.49. The van der Waals surface area contributed by atoms with E-state index >= 15 is 0 Å². The molecule has 5 rings (SSSR count). The molecule has 1 N–H and O–H groups in total. The van der Waals surface area contributed by atoms with Gasteiger partial charge in [0.25, 0.3) is 11.8 Å². The predicted octanol–water partition coefficient (Wildman–Crippen LogP) is 4.13. The molecule has 0 unspecified atom stereocenters. The van der Waals surface area contributed by atoms with Gasteiger partial charge in [-0.15, -0.1) is 0 Å². The lowest BCUT2D eigenvalue weighted by atomic mass is 10.0. The van der Waals surface area contributed by atoms with E-state index in [9.17, 15) is 13.6 Å². The standard InChI is InChI=1S/C24H26F2N6O2/c1-15-12-19(32-9-5-18-17(13-32)4-3-8-27-18)29-22(31-10-6-24(25,26)7-11-31)20(15)30-23(33)21-16(2)28-14-34-21/h3-4,8,12,14H,5-7,9-11,13H2,1-2H3,(H,30,33). The van der Waals surface area contributed by atoms with E-state index in [2.05, 4.69) is 26.3 Å². The van der Waals surface area contributed by atoms with Gasteiger partial charge in [-0.1, -0.05) is 6.07 Å². The minimum Gasteiger partial charge on any atom is -0.438 e. The summed E-state index contributed by atoms with van der Waals surface area (Å²) >= 11 is 0. The molecule has 2 aliphatic heterocycles. The lowest BCUT2D eigenvalue weighted by Crippen LogP contribution is -2.40. The van der Waals surface area contributed by atoms with Crippen LogP contribution >= 0.6 is 0 Å². The largest absolute Gasteiger partial charge is 0.438 e. The average Bonchev–Trinajstić information content (AvgIpc) is 3.26. The molecule has 178 valence electrons. The third-order valence-electron chi connectivity index (χ3n) is 6.46. The van der Waals surface area contributed by atoms with Crippen molar-refractivity contribution in [2.75, 3.05) is 34.8 Å². The summed E-state index contributed by atoms with van der Waals surface area (Å²) < 4.78 is 33.0. The highest BCUT2D eigenvalue weighted by molar-refractivity contribution is 6.05. The zero-order valence-electron chi connectivity index (χ0n) is 19.1. The zero-order chi connectivity index (χ0) is 23.9. The summed E-state index contributed by atoms with van der Waals surface area (Å²) in [5.74, 6) is -1.79. The van der Waals surface area contributed by atoms with Crippen molar-refractivity contribution in [3.05, 3.63) is 59.1 Å². The van der Waals surface area contributed by atoms with Gasteiger partial charge in [-0.2, -0.15) is 0 Å². The minimum atomic E-state index is -2.69. The van der Waals surface area contributed by atoms with Gasteiger partial charge in [-0.3, -0.25) is 9.78 Å². The Morgan fingerprint density at radius 3 is 2.68 bits per heavy atom. The van der Waals surface area contributed by atoms with Gasteiger partial charge in [-0.05, 0) is 37.1 Å². The molecule has 0 radical (unpaired) electrons. The number of pyridine rings is 2. The van der Waals surface area contributed by atoms with Crippen molar-refractivity contribution in [1.29, 1.82) is 0 Å². The fourth-order valence-electron chi connectivity index (χ4n) is 4.48. The molecule has 8 nitrogen and oxygen atoms in total. The van der Waals surface area contributed by atoms with Crippen LogP contribution in [-0.4, -0.2) is 46.4 Å². The Bertz CT molecular complexity index is 1220. The number of amides is 1. The van der Waals surface area contributed by atoms with Crippen LogP contribution in [0.15, 0.2) is 35.2 Å². The van der Waals surface area contributed by atoms with Gasteiger partial charge in [-0.25, -0.2) is 18.7 Å². The van der Waals surface area contributed by atoms with Crippen molar-refractivity contribution in [2.24, 2.45) is 0 Å². The maximum absolute atomic E-state index is 13.9.